The molecule has 0 spiro atoms. The Morgan fingerprint density at radius 2 is 2.00 bits per heavy atom. The molecule has 1 aromatic carbocycles. The summed E-state index contributed by atoms with van der Waals surface area (Å²) in [5, 5.41) is 21.4. The highest BCUT2D eigenvalue weighted by atomic mass is 19.4. The SMILES string of the molecule is N#Cc1cccc(-n2nc(C(F)(F)F)cc2O)c1. The van der Waals surface area contributed by atoms with Gasteiger partial charge in [-0.25, -0.2) is 4.68 Å². The lowest BCUT2D eigenvalue weighted by Gasteiger charge is -2.03. The van der Waals surface area contributed by atoms with Gasteiger partial charge < -0.3 is 5.11 Å². The molecule has 0 radical (unpaired) electrons. The minimum atomic E-state index is -4.63. The van der Waals surface area contributed by atoms with Crippen molar-refractivity contribution in [2.75, 3.05) is 0 Å². The largest absolute Gasteiger partial charge is 0.493 e. The number of halogens is 3. The lowest BCUT2D eigenvalue weighted by molar-refractivity contribution is -0.141. The number of nitrogens with zero attached hydrogens (tertiary/aromatic N) is 3. The summed E-state index contributed by atoms with van der Waals surface area (Å²) in [4.78, 5) is 0. The van der Waals surface area contributed by atoms with E-state index >= 15 is 0 Å². The summed E-state index contributed by atoms with van der Waals surface area (Å²) in [5.41, 5.74) is -0.750. The van der Waals surface area contributed by atoms with Gasteiger partial charge in [0.1, 0.15) is 0 Å². The zero-order valence-electron chi connectivity index (χ0n) is 8.81. The number of aromatic nitrogens is 2. The van der Waals surface area contributed by atoms with E-state index in [1.165, 1.54) is 24.3 Å². The number of hydrogen-bond donors (Lipinski definition) is 1. The highest BCUT2D eigenvalue weighted by Crippen LogP contribution is 2.31. The summed E-state index contributed by atoms with van der Waals surface area (Å²) in [6, 6.07) is 8.12. The quantitative estimate of drug-likeness (QED) is 0.849. The number of hydrogen-bond acceptors (Lipinski definition) is 3. The molecule has 1 N–H and O–H groups in total. The van der Waals surface area contributed by atoms with Crippen LogP contribution in [0.3, 0.4) is 0 Å². The van der Waals surface area contributed by atoms with E-state index in [0.29, 0.717) is 6.07 Å². The minimum absolute atomic E-state index is 0.182. The van der Waals surface area contributed by atoms with E-state index in [0.717, 1.165) is 4.68 Å². The normalized spacial score (nSPS) is 11.2. The van der Waals surface area contributed by atoms with Crippen LogP contribution in [0.15, 0.2) is 30.3 Å². The predicted octanol–water partition coefficient (Wildman–Crippen LogP) is 2.47. The van der Waals surface area contributed by atoms with Crippen LogP contribution in [-0.2, 0) is 6.18 Å². The van der Waals surface area contributed by atoms with Crippen LogP contribution in [0, 0.1) is 11.3 Å². The molecule has 0 saturated carbocycles. The van der Waals surface area contributed by atoms with Gasteiger partial charge in [0, 0.05) is 6.07 Å². The first-order valence-corrected chi connectivity index (χ1v) is 4.78. The predicted molar refractivity (Wildman–Crippen MR) is 54.9 cm³/mol. The standard InChI is InChI=1S/C11H6F3N3O/c12-11(13,14)9-5-10(18)17(16-9)8-3-1-2-7(4-8)6-15/h1-5,18H. The van der Waals surface area contributed by atoms with Crippen LogP contribution in [0.1, 0.15) is 11.3 Å². The monoisotopic (exact) mass is 253 g/mol. The third-order valence-corrected chi connectivity index (χ3v) is 2.20. The first-order valence-electron chi connectivity index (χ1n) is 4.78. The maximum atomic E-state index is 12.4. The smallest absolute Gasteiger partial charge is 0.435 e. The van der Waals surface area contributed by atoms with Crippen molar-refractivity contribution in [3.05, 3.63) is 41.6 Å². The van der Waals surface area contributed by atoms with Gasteiger partial charge in [0.05, 0.1) is 17.3 Å². The Balaban J connectivity index is 2.52. The number of rotatable bonds is 1. The van der Waals surface area contributed by atoms with Crippen molar-refractivity contribution in [2.24, 2.45) is 0 Å². The van der Waals surface area contributed by atoms with Crippen LogP contribution < -0.4 is 0 Å². The Morgan fingerprint density at radius 1 is 1.28 bits per heavy atom. The second-order valence-electron chi connectivity index (χ2n) is 3.46. The first-order chi connectivity index (χ1) is 8.41. The van der Waals surface area contributed by atoms with E-state index in [9.17, 15) is 18.3 Å². The highest BCUT2D eigenvalue weighted by Gasteiger charge is 2.35. The number of aromatic hydroxyl groups is 1. The molecule has 2 aromatic rings. The van der Waals surface area contributed by atoms with Crippen LogP contribution in [-0.4, -0.2) is 14.9 Å². The molecular formula is C11H6F3N3O. The second kappa shape index (κ2) is 4.07. The molecule has 0 atom stereocenters. The van der Waals surface area contributed by atoms with Crippen molar-refractivity contribution in [2.45, 2.75) is 6.18 Å². The van der Waals surface area contributed by atoms with Crippen LogP contribution in [0.2, 0.25) is 0 Å². The average molecular weight is 253 g/mol. The summed E-state index contributed by atoms with van der Waals surface area (Å²) in [6.45, 7) is 0. The van der Waals surface area contributed by atoms with Crippen molar-refractivity contribution in [3.8, 4) is 17.6 Å². The Morgan fingerprint density at radius 3 is 2.56 bits per heavy atom. The van der Waals surface area contributed by atoms with Gasteiger partial charge in [-0.2, -0.15) is 23.5 Å². The van der Waals surface area contributed by atoms with Gasteiger partial charge in [0.15, 0.2) is 5.69 Å². The zero-order chi connectivity index (χ0) is 13.3. The van der Waals surface area contributed by atoms with Crippen LogP contribution in [0.25, 0.3) is 5.69 Å². The average Bonchev–Trinajstić information content (AvgIpc) is 2.71. The lowest BCUT2D eigenvalue weighted by Crippen LogP contribution is -2.07. The van der Waals surface area contributed by atoms with E-state index in [1.807, 2.05) is 6.07 Å². The summed E-state index contributed by atoms with van der Waals surface area (Å²) in [5.74, 6) is -0.641. The number of alkyl halides is 3. The molecule has 0 saturated heterocycles. The van der Waals surface area contributed by atoms with Gasteiger partial charge in [-0.3, -0.25) is 0 Å². The molecule has 1 heterocycles. The summed E-state index contributed by atoms with van der Waals surface area (Å²) in [7, 11) is 0. The molecule has 0 aliphatic carbocycles. The van der Waals surface area contributed by atoms with Gasteiger partial charge >= 0.3 is 6.18 Å². The Hall–Kier alpha value is -2.49. The van der Waals surface area contributed by atoms with Crippen LogP contribution in [0.4, 0.5) is 13.2 Å². The van der Waals surface area contributed by atoms with Crippen molar-refractivity contribution in [1.82, 2.24) is 9.78 Å². The van der Waals surface area contributed by atoms with Crippen molar-refractivity contribution < 1.29 is 18.3 Å². The molecule has 0 fully saturated rings. The van der Waals surface area contributed by atoms with E-state index in [-0.39, 0.29) is 11.3 Å². The molecule has 0 bridgehead atoms. The van der Waals surface area contributed by atoms with Gasteiger partial charge in [-0.15, -0.1) is 0 Å². The number of nitriles is 1. The topological polar surface area (TPSA) is 61.8 Å². The maximum absolute atomic E-state index is 12.4. The fourth-order valence-corrected chi connectivity index (χ4v) is 1.41. The van der Waals surface area contributed by atoms with Crippen molar-refractivity contribution in [1.29, 1.82) is 5.26 Å². The van der Waals surface area contributed by atoms with Crippen molar-refractivity contribution >= 4 is 0 Å². The zero-order valence-corrected chi connectivity index (χ0v) is 8.81. The van der Waals surface area contributed by atoms with Gasteiger partial charge in [-0.05, 0) is 18.2 Å². The maximum Gasteiger partial charge on any atom is 0.435 e. The Labute approximate surface area is 99.5 Å². The molecule has 0 aliphatic heterocycles. The molecule has 0 unspecified atom stereocenters. The molecule has 7 heteroatoms. The fourth-order valence-electron chi connectivity index (χ4n) is 1.41. The summed E-state index contributed by atoms with van der Waals surface area (Å²) < 4.78 is 37.9. The molecule has 1 aromatic heterocycles. The molecule has 2 rings (SSSR count). The van der Waals surface area contributed by atoms with E-state index in [1.54, 1.807) is 0 Å². The minimum Gasteiger partial charge on any atom is -0.493 e. The second-order valence-corrected chi connectivity index (χ2v) is 3.46. The highest BCUT2D eigenvalue weighted by molar-refractivity contribution is 5.43. The molecule has 92 valence electrons. The van der Waals surface area contributed by atoms with Gasteiger partial charge in [-0.1, -0.05) is 6.07 Å². The molecular weight excluding hydrogens is 247 g/mol. The summed E-state index contributed by atoms with van der Waals surface area (Å²) in [6.07, 6.45) is -4.63. The van der Waals surface area contributed by atoms with Gasteiger partial charge in [0.25, 0.3) is 0 Å². The van der Waals surface area contributed by atoms with Crippen molar-refractivity contribution in [3.63, 3.8) is 0 Å². The molecule has 0 amide bonds. The molecule has 4 nitrogen and oxygen atoms in total. The molecule has 18 heavy (non-hydrogen) atoms. The van der Waals surface area contributed by atoms with E-state index < -0.39 is 17.8 Å². The number of benzene rings is 1. The van der Waals surface area contributed by atoms with E-state index in [4.69, 9.17) is 5.26 Å². The first kappa shape index (κ1) is 12.0. The fraction of sp³-hybridized carbons (Fsp3) is 0.0909. The van der Waals surface area contributed by atoms with Crippen LogP contribution >= 0.6 is 0 Å². The van der Waals surface area contributed by atoms with E-state index in [2.05, 4.69) is 5.10 Å². The Bertz CT molecular complexity index is 625. The third-order valence-electron chi connectivity index (χ3n) is 2.20. The van der Waals surface area contributed by atoms with Crippen LogP contribution in [0.5, 0.6) is 5.88 Å². The molecule has 0 aliphatic rings. The van der Waals surface area contributed by atoms with Gasteiger partial charge in [0.2, 0.25) is 5.88 Å². The summed E-state index contributed by atoms with van der Waals surface area (Å²) >= 11 is 0. The Kier molecular flexibility index (Phi) is 2.71. The third kappa shape index (κ3) is 2.13. The lowest BCUT2D eigenvalue weighted by atomic mass is 10.2.